The van der Waals surface area contributed by atoms with Crippen LogP contribution in [-0.4, -0.2) is 53.6 Å². The lowest BCUT2D eigenvalue weighted by atomic mass is 9.95. The first-order valence-electron chi connectivity index (χ1n) is 10.0. The summed E-state index contributed by atoms with van der Waals surface area (Å²) in [5.41, 5.74) is 1.89. The molecule has 3 aromatic rings. The van der Waals surface area contributed by atoms with Crippen molar-refractivity contribution < 1.29 is 24.2 Å². The van der Waals surface area contributed by atoms with E-state index in [1.807, 2.05) is 42.1 Å². The van der Waals surface area contributed by atoms with E-state index < -0.39 is 17.7 Å². The number of benzene rings is 2. The van der Waals surface area contributed by atoms with Crippen molar-refractivity contribution in [2.75, 3.05) is 27.4 Å². The van der Waals surface area contributed by atoms with E-state index >= 15 is 0 Å². The molecular formula is C24H23ClN2O5. The summed E-state index contributed by atoms with van der Waals surface area (Å²) in [6, 6.07) is 11.7. The van der Waals surface area contributed by atoms with E-state index in [2.05, 4.69) is 0 Å². The molecule has 0 spiro atoms. The highest BCUT2D eigenvalue weighted by Gasteiger charge is 2.47. The van der Waals surface area contributed by atoms with E-state index in [0.717, 1.165) is 16.5 Å². The molecule has 7 nitrogen and oxygen atoms in total. The predicted molar refractivity (Wildman–Crippen MR) is 122 cm³/mol. The molecule has 2 aromatic carbocycles. The van der Waals surface area contributed by atoms with Crippen molar-refractivity contribution in [2.24, 2.45) is 7.05 Å². The zero-order valence-corrected chi connectivity index (χ0v) is 18.7. The van der Waals surface area contributed by atoms with Crippen LogP contribution in [0.1, 0.15) is 17.2 Å². The van der Waals surface area contributed by atoms with Gasteiger partial charge in [0.2, 0.25) is 0 Å². The maximum atomic E-state index is 13.2. The van der Waals surface area contributed by atoms with Crippen molar-refractivity contribution in [3.8, 4) is 5.75 Å². The van der Waals surface area contributed by atoms with Crippen molar-refractivity contribution in [3.63, 3.8) is 0 Å². The van der Waals surface area contributed by atoms with Gasteiger partial charge in [0, 0.05) is 48.9 Å². The Hall–Kier alpha value is -3.29. The average Bonchev–Trinajstić information content (AvgIpc) is 3.26. The van der Waals surface area contributed by atoms with E-state index in [4.69, 9.17) is 21.1 Å². The zero-order valence-electron chi connectivity index (χ0n) is 18.0. The number of ether oxygens (including phenoxy) is 2. The third kappa shape index (κ3) is 3.53. The summed E-state index contributed by atoms with van der Waals surface area (Å²) in [5, 5.41) is 12.4. The zero-order chi connectivity index (χ0) is 23.0. The van der Waals surface area contributed by atoms with Gasteiger partial charge in [-0.25, -0.2) is 0 Å². The number of aryl methyl sites for hydroxylation is 1. The second-order valence-electron chi connectivity index (χ2n) is 7.54. The standard InChI is InChI=1S/C24H23ClN2O5/c1-26-13-17(15-6-4-5-7-19(15)26)21-20(23(29)24(30)27(21)10-11-31-2)22(28)16-12-14(32-3)8-9-18(16)25/h4-9,12-13,21,28H,10-11H2,1-3H3/b22-20+. The Morgan fingerprint density at radius 2 is 1.91 bits per heavy atom. The van der Waals surface area contributed by atoms with Gasteiger partial charge >= 0.3 is 0 Å². The van der Waals surface area contributed by atoms with Crippen LogP contribution in [-0.2, 0) is 21.4 Å². The number of hydrogen-bond donors (Lipinski definition) is 1. The Morgan fingerprint density at radius 3 is 2.62 bits per heavy atom. The molecule has 166 valence electrons. The molecule has 1 unspecified atom stereocenters. The molecule has 1 aliphatic heterocycles. The number of aliphatic hydroxyl groups is 1. The number of nitrogens with zero attached hydrogens (tertiary/aromatic N) is 2. The molecule has 1 N–H and O–H groups in total. The Kier molecular flexibility index (Phi) is 5.95. The molecule has 8 heteroatoms. The molecule has 0 bridgehead atoms. The summed E-state index contributed by atoms with van der Waals surface area (Å²) < 4.78 is 12.3. The van der Waals surface area contributed by atoms with Gasteiger partial charge in [-0.1, -0.05) is 29.8 Å². The molecule has 1 saturated heterocycles. The average molecular weight is 455 g/mol. The molecule has 1 aliphatic rings. The molecule has 32 heavy (non-hydrogen) atoms. The van der Waals surface area contributed by atoms with E-state index in [9.17, 15) is 14.7 Å². The topological polar surface area (TPSA) is 81.0 Å². The van der Waals surface area contributed by atoms with Crippen LogP contribution in [0.15, 0.2) is 54.2 Å². The molecule has 0 saturated carbocycles. The Labute approximate surface area is 190 Å². The number of ketones is 1. The molecule has 1 atom stereocenters. The summed E-state index contributed by atoms with van der Waals surface area (Å²) in [6.45, 7) is 0.436. The highest BCUT2D eigenvalue weighted by atomic mass is 35.5. The number of hydrogen-bond acceptors (Lipinski definition) is 5. The third-order valence-electron chi connectivity index (χ3n) is 5.73. The van der Waals surface area contributed by atoms with Gasteiger partial charge in [0.15, 0.2) is 0 Å². The van der Waals surface area contributed by atoms with Crippen molar-refractivity contribution in [3.05, 3.63) is 70.4 Å². The van der Waals surface area contributed by atoms with Gasteiger partial charge in [0.1, 0.15) is 11.5 Å². The van der Waals surface area contributed by atoms with Crippen molar-refractivity contribution in [1.29, 1.82) is 0 Å². The summed E-state index contributed by atoms with van der Waals surface area (Å²) in [7, 11) is 4.92. The molecule has 1 aromatic heterocycles. The first kappa shape index (κ1) is 21.9. The summed E-state index contributed by atoms with van der Waals surface area (Å²) in [4.78, 5) is 27.6. The Balaban J connectivity index is 1.98. The number of Topliss-reactive ketones (excluding diaryl/α,β-unsaturated/α-hetero) is 1. The van der Waals surface area contributed by atoms with Crippen LogP contribution in [0, 0.1) is 0 Å². The van der Waals surface area contributed by atoms with Crippen LogP contribution in [0.5, 0.6) is 5.75 Å². The minimum atomic E-state index is -0.793. The number of aromatic nitrogens is 1. The highest BCUT2D eigenvalue weighted by molar-refractivity contribution is 6.47. The maximum absolute atomic E-state index is 13.2. The molecule has 4 rings (SSSR count). The lowest BCUT2D eigenvalue weighted by molar-refractivity contribution is -0.140. The molecule has 0 radical (unpaired) electrons. The quantitative estimate of drug-likeness (QED) is 0.347. The number of carbonyl (C=O) groups excluding carboxylic acids is 2. The van der Waals surface area contributed by atoms with E-state index in [1.165, 1.54) is 19.1 Å². The fourth-order valence-corrected chi connectivity index (χ4v) is 4.38. The fraction of sp³-hybridized carbons (Fsp3) is 0.250. The lowest BCUT2D eigenvalue weighted by Gasteiger charge is -2.24. The van der Waals surface area contributed by atoms with E-state index in [0.29, 0.717) is 5.75 Å². The highest BCUT2D eigenvalue weighted by Crippen LogP contribution is 2.43. The van der Waals surface area contributed by atoms with Crippen LogP contribution in [0.2, 0.25) is 5.02 Å². The fourth-order valence-electron chi connectivity index (χ4n) is 4.17. The van der Waals surface area contributed by atoms with Gasteiger partial charge in [0.25, 0.3) is 11.7 Å². The number of carbonyl (C=O) groups is 2. The van der Waals surface area contributed by atoms with Crippen LogP contribution in [0.25, 0.3) is 16.7 Å². The predicted octanol–water partition coefficient (Wildman–Crippen LogP) is 3.91. The molecule has 1 amide bonds. The van der Waals surface area contributed by atoms with Crippen LogP contribution < -0.4 is 4.74 Å². The van der Waals surface area contributed by atoms with Gasteiger partial charge in [-0.2, -0.15) is 0 Å². The summed E-state index contributed by atoms with van der Waals surface area (Å²) >= 11 is 6.34. The van der Waals surface area contributed by atoms with Crippen molar-refractivity contribution in [2.45, 2.75) is 6.04 Å². The van der Waals surface area contributed by atoms with Gasteiger partial charge in [0.05, 0.1) is 30.4 Å². The number of methoxy groups -OCH3 is 2. The van der Waals surface area contributed by atoms with Crippen LogP contribution >= 0.6 is 11.6 Å². The Morgan fingerprint density at radius 1 is 1.16 bits per heavy atom. The number of aliphatic hydroxyl groups excluding tert-OH is 1. The minimum Gasteiger partial charge on any atom is -0.507 e. The second kappa shape index (κ2) is 8.68. The van der Waals surface area contributed by atoms with Crippen molar-refractivity contribution >= 4 is 40.0 Å². The summed E-state index contributed by atoms with van der Waals surface area (Å²) in [5.74, 6) is -1.34. The van der Waals surface area contributed by atoms with Gasteiger partial charge < -0.3 is 24.0 Å². The molecular weight excluding hydrogens is 432 g/mol. The largest absolute Gasteiger partial charge is 0.507 e. The number of rotatable bonds is 6. The lowest BCUT2D eigenvalue weighted by Crippen LogP contribution is -2.32. The van der Waals surface area contributed by atoms with Crippen LogP contribution in [0.4, 0.5) is 0 Å². The van der Waals surface area contributed by atoms with Crippen LogP contribution in [0.3, 0.4) is 0 Å². The monoisotopic (exact) mass is 454 g/mol. The number of para-hydroxylation sites is 1. The number of likely N-dealkylation sites (tertiary alicyclic amines) is 1. The molecule has 0 aliphatic carbocycles. The maximum Gasteiger partial charge on any atom is 0.295 e. The third-order valence-corrected chi connectivity index (χ3v) is 6.06. The minimum absolute atomic E-state index is 0.0161. The van der Waals surface area contributed by atoms with Gasteiger partial charge in [-0.15, -0.1) is 0 Å². The SMILES string of the molecule is COCCN1C(=O)C(=O)/C(=C(/O)c2cc(OC)ccc2Cl)C1c1cn(C)c2ccccc12. The summed E-state index contributed by atoms with van der Waals surface area (Å²) in [6.07, 6.45) is 1.88. The van der Waals surface area contributed by atoms with E-state index in [1.54, 1.807) is 18.2 Å². The Bertz CT molecular complexity index is 1250. The number of fused-ring (bicyclic) bond motifs is 1. The number of halogens is 1. The first-order valence-corrected chi connectivity index (χ1v) is 10.4. The normalized spacial score (nSPS) is 18.0. The second-order valence-corrected chi connectivity index (χ2v) is 7.95. The van der Waals surface area contributed by atoms with E-state index in [-0.39, 0.29) is 35.1 Å². The molecule has 2 heterocycles. The van der Waals surface area contributed by atoms with Gasteiger partial charge in [-0.3, -0.25) is 9.59 Å². The van der Waals surface area contributed by atoms with Gasteiger partial charge in [-0.05, 0) is 24.3 Å². The molecule has 1 fully saturated rings. The number of amides is 1. The van der Waals surface area contributed by atoms with Crippen molar-refractivity contribution in [1.82, 2.24) is 9.47 Å². The first-order chi connectivity index (χ1) is 15.4. The smallest absolute Gasteiger partial charge is 0.295 e.